The van der Waals surface area contributed by atoms with Gasteiger partial charge in [0.1, 0.15) is 0 Å². The third kappa shape index (κ3) is 2.90. The van der Waals surface area contributed by atoms with Crippen LogP contribution in [0.2, 0.25) is 0 Å². The maximum atomic E-state index is 6.57. The van der Waals surface area contributed by atoms with Gasteiger partial charge in [0.15, 0.2) is 0 Å². The van der Waals surface area contributed by atoms with Crippen molar-refractivity contribution in [2.45, 2.75) is 38.9 Å². The highest BCUT2D eigenvalue weighted by atomic mass is 16.7. The first kappa shape index (κ1) is 23.5. The van der Waals surface area contributed by atoms with Crippen molar-refractivity contribution in [1.29, 1.82) is 0 Å². The molecule has 0 spiro atoms. The van der Waals surface area contributed by atoms with Crippen LogP contribution < -0.4 is 5.46 Å². The fourth-order valence-corrected chi connectivity index (χ4v) is 7.43. The van der Waals surface area contributed by atoms with Crippen LogP contribution in [0.4, 0.5) is 0 Å². The second kappa shape index (κ2) is 7.76. The molecule has 1 aliphatic rings. The highest BCUT2D eigenvalue weighted by Crippen LogP contribution is 2.52. The summed E-state index contributed by atoms with van der Waals surface area (Å²) in [6.45, 7) is 8.49. The van der Waals surface area contributed by atoms with Crippen LogP contribution in [0, 0.1) is 0 Å². The molecule has 0 saturated carbocycles. The van der Waals surface area contributed by atoms with Gasteiger partial charge in [0, 0.05) is 0 Å². The zero-order valence-electron chi connectivity index (χ0n) is 23.7. The Morgan fingerprint density at radius 1 is 0.415 bits per heavy atom. The molecule has 0 amide bonds. The molecule has 9 rings (SSSR count). The molecule has 41 heavy (non-hydrogen) atoms. The van der Waals surface area contributed by atoms with Gasteiger partial charge in [-0.25, -0.2) is 0 Å². The van der Waals surface area contributed by atoms with Crippen LogP contribution in [-0.2, 0) is 9.31 Å². The molecule has 2 nitrogen and oxygen atoms in total. The van der Waals surface area contributed by atoms with Crippen molar-refractivity contribution in [3.05, 3.63) is 103 Å². The highest BCUT2D eigenvalue weighted by molar-refractivity contribution is 6.66. The molecule has 8 aromatic rings. The van der Waals surface area contributed by atoms with Crippen LogP contribution in [-0.4, -0.2) is 18.3 Å². The van der Waals surface area contributed by atoms with Gasteiger partial charge in [-0.3, -0.25) is 0 Å². The van der Waals surface area contributed by atoms with E-state index in [0.29, 0.717) is 0 Å². The average Bonchev–Trinajstić information content (AvgIpc) is 3.56. The normalized spacial score (nSPS) is 16.9. The molecule has 0 aromatic heterocycles. The van der Waals surface area contributed by atoms with Crippen LogP contribution in [0.1, 0.15) is 27.7 Å². The van der Waals surface area contributed by atoms with Crippen molar-refractivity contribution in [2.24, 2.45) is 0 Å². The Hall–Kier alpha value is -4.18. The Bertz CT molecular complexity index is 2300. The van der Waals surface area contributed by atoms with E-state index in [1.165, 1.54) is 75.8 Å². The van der Waals surface area contributed by atoms with E-state index in [1.54, 1.807) is 0 Å². The molecule has 0 radical (unpaired) electrons. The minimum atomic E-state index is -0.414. The van der Waals surface area contributed by atoms with Gasteiger partial charge in [0.05, 0.1) is 11.2 Å². The van der Waals surface area contributed by atoms with Crippen molar-refractivity contribution in [3.8, 4) is 11.1 Å². The van der Waals surface area contributed by atoms with E-state index in [0.717, 1.165) is 5.46 Å². The quantitative estimate of drug-likeness (QED) is 0.208. The molecule has 8 aromatic carbocycles. The van der Waals surface area contributed by atoms with E-state index in [1.807, 2.05) is 0 Å². The summed E-state index contributed by atoms with van der Waals surface area (Å²) in [7, 11) is -0.414. The summed E-state index contributed by atoms with van der Waals surface area (Å²) in [5.74, 6) is 0. The van der Waals surface area contributed by atoms with E-state index >= 15 is 0 Å². The van der Waals surface area contributed by atoms with Crippen LogP contribution in [0.15, 0.2) is 103 Å². The summed E-state index contributed by atoms with van der Waals surface area (Å²) in [6.07, 6.45) is 0. The summed E-state index contributed by atoms with van der Waals surface area (Å²) < 4.78 is 13.1. The van der Waals surface area contributed by atoms with Crippen molar-refractivity contribution in [3.63, 3.8) is 0 Å². The number of hydrogen-bond acceptors (Lipinski definition) is 2. The molecular weight excluding hydrogens is 499 g/mol. The average molecular weight is 528 g/mol. The third-order valence-corrected chi connectivity index (χ3v) is 10.0. The molecule has 1 fully saturated rings. The van der Waals surface area contributed by atoms with Gasteiger partial charge in [-0.15, -0.1) is 0 Å². The van der Waals surface area contributed by atoms with Crippen molar-refractivity contribution < 1.29 is 9.31 Å². The van der Waals surface area contributed by atoms with Gasteiger partial charge in [-0.05, 0) is 109 Å². The standard InChI is InChI=1S/C38H29BO2/c1-37(2)38(3,4)41-39(40-37)30-21-20-29-32-26(30)17-11-19-28(32)35-31(22-12-6-5-7-13-22)27-18-10-16-24-23-14-8-9-15-25(23)34(33(24)27)36(29)35/h5-21H,1-4H3. The Labute approximate surface area is 239 Å². The van der Waals surface area contributed by atoms with Gasteiger partial charge in [-0.2, -0.15) is 0 Å². The van der Waals surface area contributed by atoms with Crippen LogP contribution >= 0.6 is 0 Å². The van der Waals surface area contributed by atoms with Crippen molar-refractivity contribution in [2.75, 3.05) is 0 Å². The lowest BCUT2D eigenvalue weighted by Crippen LogP contribution is -2.41. The topological polar surface area (TPSA) is 18.5 Å². The van der Waals surface area contributed by atoms with E-state index in [4.69, 9.17) is 9.31 Å². The molecule has 0 bridgehead atoms. The zero-order valence-corrected chi connectivity index (χ0v) is 23.7. The number of benzene rings is 6. The molecule has 0 atom stereocenters. The summed E-state index contributed by atoms with van der Waals surface area (Å²) in [6, 6.07) is 38.0. The minimum Gasteiger partial charge on any atom is -0.399 e. The number of fused-ring (bicyclic) bond motifs is 7. The van der Waals surface area contributed by atoms with Gasteiger partial charge in [0.2, 0.25) is 0 Å². The Kier molecular flexibility index (Phi) is 4.45. The first-order chi connectivity index (χ1) is 19.9. The van der Waals surface area contributed by atoms with Gasteiger partial charge in [-0.1, -0.05) is 103 Å². The monoisotopic (exact) mass is 528 g/mol. The lowest BCUT2D eigenvalue weighted by atomic mass is 9.75. The lowest BCUT2D eigenvalue weighted by Gasteiger charge is -2.32. The fourth-order valence-electron chi connectivity index (χ4n) is 7.43. The van der Waals surface area contributed by atoms with Crippen LogP contribution in [0.25, 0.3) is 75.8 Å². The predicted molar refractivity (Wildman–Crippen MR) is 175 cm³/mol. The van der Waals surface area contributed by atoms with Crippen LogP contribution in [0.5, 0.6) is 0 Å². The second-order valence-electron chi connectivity index (χ2n) is 12.7. The van der Waals surface area contributed by atoms with Gasteiger partial charge < -0.3 is 9.31 Å². The molecule has 0 unspecified atom stereocenters. The highest BCUT2D eigenvalue weighted by Gasteiger charge is 2.52. The fraction of sp³-hybridized carbons (Fsp3) is 0.158. The van der Waals surface area contributed by atoms with E-state index in [9.17, 15) is 0 Å². The summed E-state index contributed by atoms with van der Waals surface area (Å²) in [5.41, 5.74) is 2.87. The first-order valence-corrected chi connectivity index (χ1v) is 14.6. The summed E-state index contributed by atoms with van der Waals surface area (Å²) in [5, 5.41) is 15.8. The van der Waals surface area contributed by atoms with Crippen molar-refractivity contribution >= 4 is 77.2 Å². The molecule has 0 N–H and O–H groups in total. The minimum absolute atomic E-state index is 0.395. The Balaban J connectivity index is 1.51. The molecular formula is C38H29BO2. The molecule has 1 heterocycles. The number of rotatable bonds is 2. The van der Waals surface area contributed by atoms with E-state index in [-0.39, 0.29) is 0 Å². The third-order valence-electron chi connectivity index (χ3n) is 10.0. The zero-order chi connectivity index (χ0) is 27.7. The second-order valence-corrected chi connectivity index (χ2v) is 12.7. The van der Waals surface area contributed by atoms with Gasteiger partial charge in [0.25, 0.3) is 0 Å². The maximum absolute atomic E-state index is 6.57. The van der Waals surface area contributed by atoms with Gasteiger partial charge >= 0.3 is 7.12 Å². The number of hydrogen-bond donors (Lipinski definition) is 0. The largest absolute Gasteiger partial charge is 0.495 e. The molecule has 3 heteroatoms. The Morgan fingerprint density at radius 2 is 0.951 bits per heavy atom. The summed E-state index contributed by atoms with van der Waals surface area (Å²) >= 11 is 0. The lowest BCUT2D eigenvalue weighted by molar-refractivity contribution is 0.00578. The van der Waals surface area contributed by atoms with Crippen molar-refractivity contribution in [1.82, 2.24) is 0 Å². The Morgan fingerprint density at radius 3 is 1.71 bits per heavy atom. The predicted octanol–water partition coefficient (Wildman–Crippen LogP) is 9.45. The maximum Gasteiger partial charge on any atom is 0.495 e. The molecule has 196 valence electrons. The summed E-state index contributed by atoms with van der Waals surface area (Å²) in [4.78, 5) is 0. The molecule has 1 aliphatic heterocycles. The first-order valence-electron chi connectivity index (χ1n) is 14.6. The van der Waals surface area contributed by atoms with E-state index in [2.05, 4.69) is 131 Å². The van der Waals surface area contributed by atoms with Crippen LogP contribution in [0.3, 0.4) is 0 Å². The molecule has 1 saturated heterocycles. The smallest absolute Gasteiger partial charge is 0.399 e. The SMILES string of the molecule is CC1(C)OB(c2ccc3c4c2cccc4c2c(-c4ccccc4)c4cccc5c6ccccc6c(c45)c32)OC1(C)C. The van der Waals surface area contributed by atoms with E-state index < -0.39 is 18.3 Å². The molecule has 0 aliphatic carbocycles.